The third kappa shape index (κ3) is 5.44. The van der Waals surface area contributed by atoms with E-state index in [4.69, 9.17) is 9.47 Å². The number of halogens is 1. The molecule has 6 heteroatoms. The normalized spacial score (nSPS) is 16.6. The quantitative estimate of drug-likeness (QED) is 0.271. The van der Waals surface area contributed by atoms with Crippen LogP contribution in [0.15, 0.2) is 91.0 Å². The van der Waals surface area contributed by atoms with Crippen LogP contribution in [0.4, 0.5) is 4.39 Å². The summed E-state index contributed by atoms with van der Waals surface area (Å²) in [5.41, 5.74) is 6.48. The van der Waals surface area contributed by atoms with Crippen LogP contribution in [0, 0.1) is 5.82 Å². The van der Waals surface area contributed by atoms with E-state index in [1.165, 1.54) is 22.8 Å². The Morgan fingerprint density at radius 1 is 0.854 bits per heavy atom. The van der Waals surface area contributed by atoms with E-state index in [1.807, 2.05) is 47.4 Å². The van der Waals surface area contributed by atoms with E-state index in [0.717, 1.165) is 30.4 Å². The molecule has 1 unspecified atom stereocenters. The molecule has 5 nitrogen and oxygen atoms in total. The molecule has 1 amide bonds. The summed E-state index contributed by atoms with van der Waals surface area (Å²) in [5.74, 6) is 1.11. The van der Waals surface area contributed by atoms with Crippen LogP contribution in [0.3, 0.4) is 0 Å². The monoisotopic (exact) mass is 550 g/mol. The molecule has 0 saturated heterocycles. The van der Waals surface area contributed by atoms with E-state index in [1.54, 1.807) is 26.4 Å². The number of fused-ring (bicyclic) bond motifs is 2. The highest BCUT2D eigenvalue weighted by atomic mass is 19.1. The maximum Gasteiger partial charge on any atom is 0.237 e. The SMILES string of the molecule is COc1cc2c(cc1OC)C(c1ccccc1)N(CC(=O)N(Cc1ccccc1F)C1Cc3ccccc3C1)CC2. The van der Waals surface area contributed by atoms with E-state index in [9.17, 15) is 9.18 Å². The maximum atomic E-state index is 14.8. The van der Waals surface area contributed by atoms with E-state index >= 15 is 0 Å². The second-order valence-electron chi connectivity index (χ2n) is 10.9. The minimum Gasteiger partial charge on any atom is -0.493 e. The Hall–Kier alpha value is -4.16. The molecule has 2 aliphatic rings. The van der Waals surface area contributed by atoms with Gasteiger partial charge in [-0.1, -0.05) is 72.8 Å². The van der Waals surface area contributed by atoms with Crippen LogP contribution in [-0.2, 0) is 30.6 Å². The van der Waals surface area contributed by atoms with Crippen molar-refractivity contribution in [1.82, 2.24) is 9.80 Å². The minimum absolute atomic E-state index is 0.0101. The Bertz CT molecular complexity index is 1510. The van der Waals surface area contributed by atoms with Crippen molar-refractivity contribution in [3.05, 3.63) is 130 Å². The summed E-state index contributed by atoms with van der Waals surface area (Å²) >= 11 is 0. The maximum absolute atomic E-state index is 14.8. The largest absolute Gasteiger partial charge is 0.493 e. The van der Waals surface area contributed by atoms with Crippen molar-refractivity contribution >= 4 is 5.91 Å². The molecule has 1 aliphatic carbocycles. The zero-order valence-electron chi connectivity index (χ0n) is 23.6. The van der Waals surface area contributed by atoms with Crippen molar-refractivity contribution in [2.24, 2.45) is 0 Å². The van der Waals surface area contributed by atoms with Crippen LogP contribution >= 0.6 is 0 Å². The van der Waals surface area contributed by atoms with Crippen LogP contribution in [0.5, 0.6) is 11.5 Å². The van der Waals surface area contributed by atoms with Crippen molar-refractivity contribution < 1.29 is 18.7 Å². The second kappa shape index (κ2) is 11.8. The number of amides is 1. The van der Waals surface area contributed by atoms with Gasteiger partial charge in [-0.3, -0.25) is 9.69 Å². The number of carbonyl (C=O) groups is 1. The molecular formula is C35H35FN2O3. The Morgan fingerprint density at radius 2 is 1.49 bits per heavy atom. The fourth-order valence-corrected chi connectivity index (χ4v) is 6.45. The van der Waals surface area contributed by atoms with Gasteiger partial charge in [0, 0.05) is 24.7 Å². The van der Waals surface area contributed by atoms with Crippen molar-refractivity contribution in [3.8, 4) is 11.5 Å². The summed E-state index contributed by atoms with van der Waals surface area (Å²) in [5, 5.41) is 0. The topological polar surface area (TPSA) is 42.0 Å². The molecule has 1 aliphatic heterocycles. The minimum atomic E-state index is -0.282. The highest BCUT2D eigenvalue weighted by Gasteiger charge is 2.35. The summed E-state index contributed by atoms with van der Waals surface area (Å²) < 4.78 is 26.1. The zero-order valence-corrected chi connectivity index (χ0v) is 23.6. The van der Waals surface area contributed by atoms with Crippen LogP contribution < -0.4 is 9.47 Å². The molecule has 41 heavy (non-hydrogen) atoms. The Labute approximate surface area is 241 Å². The number of hydrogen-bond acceptors (Lipinski definition) is 4. The van der Waals surface area contributed by atoms with Crippen LogP contribution in [0.2, 0.25) is 0 Å². The molecule has 0 radical (unpaired) electrons. The van der Waals surface area contributed by atoms with Crippen molar-refractivity contribution in [3.63, 3.8) is 0 Å². The lowest BCUT2D eigenvalue weighted by Crippen LogP contribution is -2.48. The van der Waals surface area contributed by atoms with Crippen molar-refractivity contribution in [1.29, 1.82) is 0 Å². The van der Waals surface area contributed by atoms with Gasteiger partial charge in [-0.2, -0.15) is 0 Å². The number of ether oxygens (including phenoxy) is 2. The standard InChI is InChI=1S/C35H35FN2O3/c1-40-32-20-27-16-17-37(35(24-10-4-3-5-11-24)30(27)21-33(32)41-2)23-34(39)38(22-28-14-8-9-15-31(28)36)29-18-25-12-6-7-13-26(25)19-29/h3-15,20-21,29,35H,16-19,22-23H2,1-2H3. The first kappa shape index (κ1) is 27.0. The summed E-state index contributed by atoms with van der Waals surface area (Å²) in [6.45, 7) is 1.19. The number of methoxy groups -OCH3 is 2. The molecule has 4 aromatic rings. The number of nitrogens with zero attached hydrogens (tertiary/aromatic N) is 2. The predicted molar refractivity (Wildman–Crippen MR) is 158 cm³/mol. The summed E-state index contributed by atoms with van der Waals surface area (Å²) in [7, 11) is 3.30. The zero-order chi connectivity index (χ0) is 28.3. The summed E-state index contributed by atoms with van der Waals surface area (Å²) in [6.07, 6.45) is 2.34. The van der Waals surface area contributed by atoms with Gasteiger partial charge in [0.2, 0.25) is 5.91 Å². The summed E-state index contributed by atoms with van der Waals surface area (Å²) in [4.78, 5) is 18.5. The number of hydrogen-bond donors (Lipinski definition) is 0. The fraction of sp³-hybridized carbons (Fsp3) is 0.286. The van der Waals surface area contributed by atoms with Crippen LogP contribution in [0.25, 0.3) is 0 Å². The molecule has 1 atom stereocenters. The molecule has 210 valence electrons. The molecule has 0 bridgehead atoms. The first-order chi connectivity index (χ1) is 20.1. The Kier molecular flexibility index (Phi) is 7.75. The van der Waals surface area contributed by atoms with Gasteiger partial charge in [0.05, 0.1) is 26.8 Å². The molecule has 0 spiro atoms. The van der Waals surface area contributed by atoms with Gasteiger partial charge in [-0.05, 0) is 65.3 Å². The molecule has 0 saturated carbocycles. The third-order valence-electron chi connectivity index (χ3n) is 8.52. The van der Waals surface area contributed by atoms with Crippen LogP contribution in [0.1, 0.15) is 39.4 Å². The Balaban J connectivity index is 1.34. The average molecular weight is 551 g/mol. The summed E-state index contributed by atoms with van der Waals surface area (Å²) in [6, 6.07) is 29.4. The average Bonchev–Trinajstić information content (AvgIpc) is 3.44. The van der Waals surface area contributed by atoms with Crippen molar-refractivity contribution in [2.75, 3.05) is 27.3 Å². The number of benzene rings is 4. The lowest BCUT2D eigenvalue weighted by atomic mass is 9.87. The highest BCUT2D eigenvalue weighted by Crippen LogP contribution is 2.41. The molecule has 1 heterocycles. The van der Waals surface area contributed by atoms with Crippen LogP contribution in [-0.4, -0.2) is 49.1 Å². The molecular weight excluding hydrogens is 515 g/mol. The smallest absolute Gasteiger partial charge is 0.237 e. The molecule has 4 aromatic carbocycles. The van der Waals surface area contributed by atoms with E-state index in [-0.39, 0.29) is 36.9 Å². The molecule has 0 N–H and O–H groups in total. The first-order valence-corrected chi connectivity index (χ1v) is 14.2. The van der Waals surface area contributed by atoms with Gasteiger partial charge in [0.1, 0.15) is 5.82 Å². The second-order valence-corrected chi connectivity index (χ2v) is 10.9. The third-order valence-corrected chi connectivity index (χ3v) is 8.52. The van der Waals surface area contributed by atoms with Gasteiger partial charge < -0.3 is 14.4 Å². The first-order valence-electron chi connectivity index (χ1n) is 14.2. The number of carbonyl (C=O) groups excluding carboxylic acids is 1. The van der Waals surface area contributed by atoms with Gasteiger partial charge in [0.15, 0.2) is 11.5 Å². The lowest BCUT2D eigenvalue weighted by molar-refractivity contribution is -0.136. The van der Waals surface area contributed by atoms with Gasteiger partial charge in [-0.15, -0.1) is 0 Å². The van der Waals surface area contributed by atoms with E-state index in [0.29, 0.717) is 23.6 Å². The number of rotatable bonds is 8. The highest BCUT2D eigenvalue weighted by molar-refractivity contribution is 5.79. The lowest BCUT2D eigenvalue weighted by Gasteiger charge is -2.39. The Morgan fingerprint density at radius 3 is 2.17 bits per heavy atom. The fourth-order valence-electron chi connectivity index (χ4n) is 6.45. The molecule has 6 rings (SSSR count). The van der Waals surface area contributed by atoms with E-state index in [2.05, 4.69) is 35.2 Å². The van der Waals surface area contributed by atoms with Crippen molar-refractivity contribution in [2.45, 2.75) is 37.9 Å². The van der Waals surface area contributed by atoms with E-state index < -0.39 is 0 Å². The molecule has 0 aromatic heterocycles. The van der Waals surface area contributed by atoms with Gasteiger partial charge in [0.25, 0.3) is 0 Å². The van der Waals surface area contributed by atoms with Gasteiger partial charge >= 0.3 is 0 Å². The predicted octanol–water partition coefficient (Wildman–Crippen LogP) is 5.99. The molecule has 0 fully saturated rings. The van der Waals surface area contributed by atoms with Gasteiger partial charge in [-0.25, -0.2) is 4.39 Å².